The summed E-state index contributed by atoms with van der Waals surface area (Å²) < 4.78 is 7.26. The first-order chi connectivity index (χ1) is 9.01. The summed E-state index contributed by atoms with van der Waals surface area (Å²) in [6, 6.07) is 0.471. The van der Waals surface area contributed by atoms with Gasteiger partial charge in [0.25, 0.3) is 0 Å². The standard InChI is InChI=1S/C13H23N5O/c1-6-8(2)18-10(7-15-13(18)14)11-9(3)16-17(4)12(11)19-5/h8,10H,6-7H2,1-5H3,(H2,14,15). The molecule has 0 aliphatic carbocycles. The monoisotopic (exact) mass is 265 g/mol. The average Bonchev–Trinajstić information content (AvgIpc) is 2.88. The number of ether oxygens (including phenoxy) is 1. The van der Waals surface area contributed by atoms with Crippen LogP contribution in [-0.2, 0) is 7.05 Å². The Bertz CT molecular complexity index is 493. The van der Waals surface area contributed by atoms with E-state index < -0.39 is 0 Å². The smallest absolute Gasteiger partial charge is 0.216 e. The van der Waals surface area contributed by atoms with Gasteiger partial charge in [0.2, 0.25) is 5.88 Å². The van der Waals surface area contributed by atoms with E-state index in [0.29, 0.717) is 18.5 Å². The summed E-state index contributed by atoms with van der Waals surface area (Å²) in [5.41, 5.74) is 8.11. The van der Waals surface area contributed by atoms with Crippen LogP contribution in [0.1, 0.15) is 37.6 Å². The van der Waals surface area contributed by atoms with Crippen LogP contribution in [0.3, 0.4) is 0 Å². The lowest BCUT2D eigenvalue weighted by atomic mass is 10.0. The largest absolute Gasteiger partial charge is 0.481 e. The van der Waals surface area contributed by atoms with Gasteiger partial charge in [-0.05, 0) is 20.3 Å². The molecule has 0 amide bonds. The predicted molar refractivity (Wildman–Crippen MR) is 75.3 cm³/mol. The maximum absolute atomic E-state index is 6.04. The van der Waals surface area contributed by atoms with Crippen molar-refractivity contribution >= 4 is 5.96 Å². The molecule has 106 valence electrons. The summed E-state index contributed by atoms with van der Waals surface area (Å²) in [6.07, 6.45) is 1.02. The van der Waals surface area contributed by atoms with E-state index in [9.17, 15) is 0 Å². The summed E-state index contributed by atoms with van der Waals surface area (Å²) in [5, 5.41) is 4.44. The van der Waals surface area contributed by atoms with Gasteiger partial charge >= 0.3 is 0 Å². The van der Waals surface area contributed by atoms with Crippen molar-refractivity contribution in [1.29, 1.82) is 0 Å². The number of aliphatic imine (C=N–C) groups is 1. The van der Waals surface area contributed by atoms with Gasteiger partial charge in [0, 0.05) is 13.1 Å². The zero-order chi connectivity index (χ0) is 14.2. The first-order valence-corrected chi connectivity index (χ1v) is 6.66. The quantitative estimate of drug-likeness (QED) is 0.888. The molecule has 0 aromatic carbocycles. The van der Waals surface area contributed by atoms with Gasteiger partial charge in [0.15, 0.2) is 5.96 Å². The summed E-state index contributed by atoms with van der Waals surface area (Å²) in [5.74, 6) is 1.41. The fraction of sp³-hybridized carbons (Fsp3) is 0.692. The van der Waals surface area contributed by atoms with E-state index in [2.05, 4.69) is 28.8 Å². The van der Waals surface area contributed by atoms with Gasteiger partial charge in [-0.15, -0.1) is 0 Å². The van der Waals surface area contributed by atoms with E-state index in [4.69, 9.17) is 10.5 Å². The molecule has 0 saturated heterocycles. The van der Waals surface area contributed by atoms with Crippen LogP contribution in [0.4, 0.5) is 0 Å². The maximum Gasteiger partial charge on any atom is 0.216 e. The Hall–Kier alpha value is -1.72. The minimum absolute atomic E-state index is 0.124. The molecule has 0 fully saturated rings. The van der Waals surface area contributed by atoms with E-state index in [0.717, 1.165) is 23.6 Å². The molecule has 1 aliphatic rings. The third-order valence-corrected chi connectivity index (χ3v) is 3.83. The minimum atomic E-state index is 0.124. The molecule has 2 unspecified atom stereocenters. The number of aromatic nitrogens is 2. The molecule has 0 saturated carbocycles. The van der Waals surface area contributed by atoms with Crippen LogP contribution in [0, 0.1) is 6.92 Å². The number of guanidine groups is 1. The highest BCUT2D eigenvalue weighted by molar-refractivity contribution is 5.81. The topological polar surface area (TPSA) is 68.7 Å². The lowest BCUT2D eigenvalue weighted by Gasteiger charge is -2.31. The first kappa shape index (κ1) is 13.7. The molecule has 1 aromatic heterocycles. The molecule has 6 nitrogen and oxygen atoms in total. The zero-order valence-electron chi connectivity index (χ0n) is 12.3. The van der Waals surface area contributed by atoms with Crippen molar-refractivity contribution in [2.75, 3.05) is 13.7 Å². The molecule has 19 heavy (non-hydrogen) atoms. The number of hydrogen-bond acceptors (Lipinski definition) is 5. The van der Waals surface area contributed by atoms with Gasteiger partial charge in [-0.25, -0.2) is 4.68 Å². The van der Waals surface area contributed by atoms with Crippen molar-refractivity contribution in [3.8, 4) is 5.88 Å². The highest BCUT2D eigenvalue weighted by atomic mass is 16.5. The number of methoxy groups -OCH3 is 1. The fourth-order valence-corrected chi connectivity index (χ4v) is 2.75. The molecular weight excluding hydrogens is 242 g/mol. The fourth-order valence-electron chi connectivity index (χ4n) is 2.75. The van der Waals surface area contributed by atoms with Crippen LogP contribution >= 0.6 is 0 Å². The summed E-state index contributed by atoms with van der Waals surface area (Å²) in [7, 11) is 3.56. The lowest BCUT2D eigenvalue weighted by Crippen LogP contribution is -2.42. The average molecular weight is 265 g/mol. The number of rotatable bonds is 4. The van der Waals surface area contributed by atoms with Crippen LogP contribution in [0.25, 0.3) is 0 Å². The van der Waals surface area contributed by atoms with Gasteiger partial charge in [-0.3, -0.25) is 4.99 Å². The van der Waals surface area contributed by atoms with Gasteiger partial charge in [0.05, 0.1) is 31.0 Å². The lowest BCUT2D eigenvalue weighted by molar-refractivity contribution is 0.260. The molecule has 0 radical (unpaired) electrons. The third kappa shape index (κ3) is 2.15. The van der Waals surface area contributed by atoms with Crippen molar-refractivity contribution < 1.29 is 4.74 Å². The molecule has 1 aromatic rings. The Morgan fingerprint density at radius 3 is 2.79 bits per heavy atom. The normalized spacial score (nSPS) is 20.6. The number of hydrogen-bond donors (Lipinski definition) is 1. The van der Waals surface area contributed by atoms with E-state index in [-0.39, 0.29) is 6.04 Å². The van der Waals surface area contributed by atoms with Crippen molar-refractivity contribution in [3.63, 3.8) is 0 Å². The highest BCUT2D eigenvalue weighted by Gasteiger charge is 2.35. The molecular formula is C13H23N5O. The van der Waals surface area contributed by atoms with Crippen LogP contribution in [0.5, 0.6) is 5.88 Å². The highest BCUT2D eigenvalue weighted by Crippen LogP contribution is 2.36. The van der Waals surface area contributed by atoms with Crippen molar-refractivity contribution in [3.05, 3.63) is 11.3 Å². The third-order valence-electron chi connectivity index (χ3n) is 3.83. The predicted octanol–water partition coefficient (Wildman–Crippen LogP) is 1.21. The van der Waals surface area contributed by atoms with Gasteiger partial charge in [-0.1, -0.05) is 6.92 Å². The van der Waals surface area contributed by atoms with Gasteiger partial charge in [-0.2, -0.15) is 5.10 Å². The van der Waals surface area contributed by atoms with Crippen molar-refractivity contribution in [1.82, 2.24) is 14.7 Å². The molecule has 2 rings (SSSR count). The van der Waals surface area contributed by atoms with Crippen molar-refractivity contribution in [2.45, 2.75) is 39.3 Å². The van der Waals surface area contributed by atoms with Crippen LogP contribution in [-0.4, -0.2) is 40.3 Å². The Morgan fingerprint density at radius 1 is 1.53 bits per heavy atom. The Kier molecular flexibility index (Phi) is 3.68. The molecule has 2 N–H and O–H groups in total. The Balaban J connectivity index is 2.42. The van der Waals surface area contributed by atoms with Gasteiger partial charge in [0.1, 0.15) is 0 Å². The summed E-state index contributed by atoms with van der Waals surface area (Å²) in [6.45, 7) is 6.99. The second-order valence-corrected chi connectivity index (χ2v) is 5.01. The molecule has 0 spiro atoms. The molecule has 2 heterocycles. The summed E-state index contributed by atoms with van der Waals surface area (Å²) in [4.78, 5) is 6.57. The second-order valence-electron chi connectivity index (χ2n) is 5.01. The first-order valence-electron chi connectivity index (χ1n) is 6.66. The Labute approximate surface area is 114 Å². The minimum Gasteiger partial charge on any atom is -0.481 e. The van der Waals surface area contributed by atoms with E-state index in [1.165, 1.54) is 0 Å². The van der Waals surface area contributed by atoms with Crippen LogP contribution in [0.2, 0.25) is 0 Å². The van der Waals surface area contributed by atoms with E-state index >= 15 is 0 Å². The maximum atomic E-state index is 6.04. The number of nitrogens with zero attached hydrogens (tertiary/aromatic N) is 4. The molecule has 2 atom stereocenters. The van der Waals surface area contributed by atoms with E-state index in [1.807, 2.05) is 14.0 Å². The number of nitrogens with two attached hydrogens (primary N) is 1. The summed E-state index contributed by atoms with van der Waals surface area (Å²) >= 11 is 0. The van der Waals surface area contributed by atoms with Crippen LogP contribution < -0.4 is 10.5 Å². The zero-order valence-corrected chi connectivity index (χ0v) is 12.3. The molecule has 6 heteroatoms. The van der Waals surface area contributed by atoms with Crippen molar-refractivity contribution in [2.24, 2.45) is 17.8 Å². The SMILES string of the molecule is CCC(C)N1C(N)=NCC1c1c(C)nn(C)c1OC. The van der Waals surface area contributed by atoms with Gasteiger partial charge < -0.3 is 15.4 Å². The number of aryl methyl sites for hydroxylation is 2. The molecule has 1 aliphatic heterocycles. The van der Waals surface area contributed by atoms with E-state index in [1.54, 1.807) is 11.8 Å². The second kappa shape index (κ2) is 5.11. The Morgan fingerprint density at radius 2 is 2.21 bits per heavy atom. The van der Waals surface area contributed by atoms with Crippen LogP contribution in [0.15, 0.2) is 4.99 Å². The molecule has 0 bridgehead atoms.